The summed E-state index contributed by atoms with van der Waals surface area (Å²) in [6.07, 6.45) is 0. The van der Waals surface area contributed by atoms with E-state index in [1.54, 1.807) is 0 Å². The van der Waals surface area contributed by atoms with Crippen LogP contribution in [0.3, 0.4) is 0 Å². The Hall–Kier alpha value is -8.98. The second-order valence-electron chi connectivity index (χ2n) is 17.7. The van der Waals surface area contributed by atoms with Crippen LogP contribution in [-0.2, 0) is 0 Å². The number of nitrogens with zero attached hydrogens (tertiary/aromatic N) is 2. The van der Waals surface area contributed by atoms with E-state index in [9.17, 15) is 0 Å². The van der Waals surface area contributed by atoms with E-state index in [2.05, 4.69) is 276 Å². The zero-order valence-corrected chi connectivity index (χ0v) is 37.3. The molecule has 13 aromatic rings. The first kappa shape index (κ1) is 39.4. The van der Waals surface area contributed by atoms with Gasteiger partial charge in [0.05, 0.1) is 16.7 Å². The topological polar surface area (TPSA) is 8.17 Å². The van der Waals surface area contributed by atoms with Crippen molar-refractivity contribution < 1.29 is 0 Å². The molecule has 12 aromatic carbocycles. The van der Waals surface area contributed by atoms with Gasteiger partial charge in [-0.05, 0) is 138 Å². The van der Waals surface area contributed by atoms with Gasteiger partial charge in [-0.15, -0.1) is 0 Å². The van der Waals surface area contributed by atoms with Crippen molar-refractivity contribution in [2.24, 2.45) is 0 Å². The van der Waals surface area contributed by atoms with Gasteiger partial charge in [-0.1, -0.05) is 200 Å². The van der Waals surface area contributed by atoms with Gasteiger partial charge in [0.2, 0.25) is 0 Å². The molecule has 0 atom stereocenters. The summed E-state index contributed by atoms with van der Waals surface area (Å²) in [6, 6.07) is 97.6. The number of hydrogen-bond acceptors (Lipinski definition) is 1. The highest BCUT2D eigenvalue weighted by Crippen LogP contribution is 2.44. The lowest BCUT2D eigenvalue weighted by Crippen LogP contribution is -2.11. The molecule has 2 nitrogen and oxygen atoms in total. The maximum absolute atomic E-state index is 2.43. The van der Waals surface area contributed by atoms with Gasteiger partial charge in [-0.25, -0.2) is 0 Å². The molecule has 2 heteroatoms. The van der Waals surface area contributed by atoms with Gasteiger partial charge in [-0.3, -0.25) is 0 Å². The molecule has 0 amide bonds. The lowest BCUT2D eigenvalue weighted by molar-refractivity contribution is 1.18. The lowest BCUT2D eigenvalue weighted by Gasteiger charge is -2.29. The van der Waals surface area contributed by atoms with Crippen molar-refractivity contribution >= 4 is 71.2 Å². The molecule has 0 N–H and O–H groups in total. The van der Waals surface area contributed by atoms with Crippen LogP contribution in [0.2, 0.25) is 0 Å². The molecule has 68 heavy (non-hydrogen) atoms. The Morgan fingerprint density at radius 1 is 0.250 bits per heavy atom. The second-order valence-corrected chi connectivity index (χ2v) is 17.7. The van der Waals surface area contributed by atoms with Crippen molar-refractivity contribution in [1.29, 1.82) is 0 Å². The zero-order valence-electron chi connectivity index (χ0n) is 37.3. The average Bonchev–Trinajstić information content (AvgIpc) is 3.76. The molecule has 0 aliphatic rings. The van der Waals surface area contributed by atoms with Gasteiger partial charge in [0.1, 0.15) is 0 Å². The number of fused-ring (bicyclic) bond motifs is 7. The average molecular weight is 865 g/mol. The van der Waals surface area contributed by atoms with Crippen molar-refractivity contribution in [3.05, 3.63) is 267 Å². The number of rotatable bonds is 8. The van der Waals surface area contributed by atoms with Crippen LogP contribution in [0.1, 0.15) is 0 Å². The summed E-state index contributed by atoms with van der Waals surface area (Å²) in [4.78, 5) is 2.43. The third-order valence-corrected chi connectivity index (χ3v) is 13.8. The standard InChI is InChI=1S/C66H44N2/c1-2-14-48(15-3-1)61-40-34-54(53-27-25-45-13-4-5-17-50(45)41-53)44-66(61)67(57-37-31-47(32-38-57)52-33-39-60-55(42-52)28-26-49-16-6-7-20-59(49)60)56-35-29-46(30-36-56)51-18-12-19-58(43-51)68-64-23-10-8-21-62(64)63-22-9-11-24-65(63)68/h1-44H. The molecular formula is C66H44N2. The molecule has 1 aromatic heterocycles. The smallest absolute Gasteiger partial charge is 0.0546 e. The van der Waals surface area contributed by atoms with Crippen molar-refractivity contribution in [3.63, 3.8) is 0 Å². The molecule has 0 saturated carbocycles. The second kappa shape index (κ2) is 16.5. The van der Waals surface area contributed by atoms with Gasteiger partial charge in [0.15, 0.2) is 0 Å². The van der Waals surface area contributed by atoms with Crippen LogP contribution in [0, 0.1) is 0 Å². The van der Waals surface area contributed by atoms with E-state index in [-0.39, 0.29) is 0 Å². The van der Waals surface area contributed by atoms with Crippen molar-refractivity contribution in [2.45, 2.75) is 0 Å². The van der Waals surface area contributed by atoms with Crippen LogP contribution in [0.25, 0.3) is 104 Å². The predicted octanol–water partition coefficient (Wildman–Crippen LogP) is 18.4. The number of benzene rings is 12. The van der Waals surface area contributed by atoms with Crippen molar-refractivity contribution in [3.8, 4) is 50.2 Å². The van der Waals surface area contributed by atoms with Gasteiger partial charge in [0.25, 0.3) is 0 Å². The van der Waals surface area contributed by atoms with E-state index < -0.39 is 0 Å². The van der Waals surface area contributed by atoms with Crippen molar-refractivity contribution in [2.75, 3.05) is 4.90 Å². The first-order valence-corrected chi connectivity index (χ1v) is 23.4. The summed E-state index contributed by atoms with van der Waals surface area (Å²) in [5.41, 5.74) is 16.2. The SMILES string of the molecule is c1ccc(-c2ccc(-c3ccc4ccccc4c3)cc2N(c2ccc(-c3cccc(-n4c5ccccc5c5ccccc54)c3)cc2)c2ccc(-c3ccc4c(ccc5ccccc54)c3)cc2)cc1. The Kier molecular flexibility index (Phi) is 9.54. The zero-order chi connectivity index (χ0) is 45.0. The largest absolute Gasteiger partial charge is 0.310 e. The Bertz CT molecular complexity index is 3960. The van der Waals surface area contributed by atoms with Crippen LogP contribution in [0.15, 0.2) is 267 Å². The fourth-order valence-corrected chi connectivity index (χ4v) is 10.4. The molecule has 0 spiro atoms. The molecule has 1 heterocycles. The molecule has 0 saturated heterocycles. The molecule has 0 unspecified atom stereocenters. The maximum Gasteiger partial charge on any atom is 0.0546 e. The molecule has 0 aliphatic heterocycles. The predicted molar refractivity (Wildman–Crippen MR) is 290 cm³/mol. The van der Waals surface area contributed by atoms with Gasteiger partial charge in [0, 0.05) is 33.4 Å². The first-order valence-electron chi connectivity index (χ1n) is 23.4. The molecule has 13 rings (SSSR count). The Balaban J connectivity index is 0.943. The monoisotopic (exact) mass is 864 g/mol. The Morgan fingerprint density at radius 3 is 1.44 bits per heavy atom. The highest BCUT2D eigenvalue weighted by Gasteiger charge is 2.20. The molecule has 318 valence electrons. The van der Waals surface area contributed by atoms with Crippen LogP contribution in [0.5, 0.6) is 0 Å². The molecular weight excluding hydrogens is 821 g/mol. The summed E-state index contributed by atoms with van der Waals surface area (Å²) in [6.45, 7) is 0. The summed E-state index contributed by atoms with van der Waals surface area (Å²) in [5.74, 6) is 0. The van der Waals surface area contributed by atoms with E-state index in [1.165, 1.54) is 76.4 Å². The molecule has 0 fully saturated rings. The fraction of sp³-hybridized carbons (Fsp3) is 0. The molecule has 0 bridgehead atoms. The Morgan fingerprint density at radius 2 is 0.721 bits per heavy atom. The summed E-state index contributed by atoms with van der Waals surface area (Å²) < 4.78 is 2.39. The lowest BCUT2D eigenvalue weighted by atomic mass is 9.95. The van der Waals surface area contributed by atoms with Crippen LogP contribution in [-0.4, -0.2) is 4.57 Å². The van der Waals surface area contributed by atoms with Crippen LogP contribution >= 0.6 is 0 Å². The van der Waals surface area contributed by atoms with E-state index in [0.29, 0.717) is 0 Å². The minimum atomic E-state index is 1.07. The van der Waals surface area contributed by atoms with Gasteiger partial charge in [-0.2, -0.15) is 0 Å². The van der Waals surface area contributed by atoms with E-state index in [1.807, 2.05) is 0 Å². The quantitative estimate of drug-likeness (QED) is 0.138. The summed E-state index contributed by atoms with van der Waals surface area (Å²) >= 11 is 0. The highest BCUT2D eigenvalue weighted by atomic mass is 15.1. The fourth-order valence-electron chi connectivity index (χ4n) is 10.4. The minimum Gasteiger partial charge on any atom is -0.310 e. The third kappa shape index (κ3) is 6.90. The minimum absolute atomic E-state index is 1.07. The summed E-state index contributed by atoms with van der Waals surface area (Å²) in [5, 5.41) is 10.0. The first-order chi connectivity index (χ1) is 33.7. The van der Waals surface area contributed by atoms with Crippen molar-refractivity contribution in [1.82, 2.24) is 4.57 Å². The number of para-hydroxylation sites is 2. The third-order valence-electron chi connectivity index (χ3n) is 13.8. The van der Waals surface area contributed by atoms with Gasteiger partial charge >= 0.3 is 0 Å². The molecule has 0 radical (unpaired) electrons. The van der Waals surface area contributed by atoms with E-state index >= 15 is 0 Å². The molecule has 0 aliphatic carbocycles. The highest BCUT2D eigenvalue weighted by molar-refractivity contribution is 6.10. The van der Waals surface area contributed by atoms with Gasteiger partial charge < -0.3 is 9.47 Å². The van der Waals surface area contributed by atoms with Crippen LogP contribution < -0.4 is 4.90 Å². The summed E-state index contributed by atoms with van der Waals surface area (Å²) in [7, 11) is 0. The maximum atomic E-state index is 2.43. The number of hydrogen-bond donors (Lipinski definition) is 0. The van der Waals surface area contributed by atoms with E-state index in [4.69, 9.17) is 0 Å². The Labute approximate surface area is 395 Å². The number of aromatic nitrogens is 1. The normalized spacial score (nSPS) is 11.5. The number of anilines is 3. The van der Waals surface area contributed by atoms with E-state index in [0.717, 1.165) is 45.0 Å². The van der Waals surface area contributed by atoms with Crippen LogP contribution in [0.4, 0.5) is 17.1 Å².